The molecule has 0 bridgehead atoms. The molecule has 1 N–H and O–H groups in total. The van der Waals surface area contributed by atoms with Gasteiger partial charge in [-0.25, -0.2) is 0 Å². The highest BCUT2D eigenvalue weighted by molar-refractivity contribution is 6.32. The Hall–Kier alpha value is -2.53. The molecule has 6 heteroatoms. The average molecular weight is 389 g/mol. The molecule has 0 spiro atoms. The van der Waals surface area contributed by atoms with E-state index in [4.69, 9.17) is 16.3 Å². The van der Waals surface area contributed by atoms with Gasteiger partial charge < -0.3 is 15.0 Å². The number of hydrogen-bond donors (Lipinski definition) is 1. The lowest BCUT2D eigenvalue weighted by Gasteiger charge is -2.30. The molecule has 2 amide bonds. The maximum atomic E-state index is 12.9. The lowest BCUT2D eigenvalue weighted by molar-refractivity contribution is -0.142. The van der Waals surface area contributed by atoms with Crippen molar-refractivity contribution in [3.05, 3.63) is 64.7 Å². The van der Waals surface area contributed by atoms with E-state index in [-0.39, 0.29) is 18.4 Å². The number of carbonyl (C=O) groups is 2. The zero-order valence-electron chi connectivity index (χ0n) is 15.9. The first kappa shape index (κ1) is 20.8. The van der Waals surface area contributed by atoms with Crippen LogP contribution in [0.3, 0.4) is 0 Å². The van der Waals surface area contributed by atoms with Crippen molar-refractivity contribution in [2.75, 3.05) is 13.7 Å². The van der Waals surface area contributed by atoms with Gasteiger partial charge in [-0.15, -0.1) is 0 Å². The smallest absolute Gasteiger partial charge is 0.261 e. The molecule has 0 aliphatic heterocycles. The number of halogens is 1. The molecule has 1 atom stereocenters. The number of nitrogens with zero attached hydrogens (tertiary/aromatic N) is 1. The Balaban J connectivity index is 2.20. The van der Waals surface area contributed by atoms with Crippen LogP contribution in [0, 0.1) is 6.92 Å². The quantitative estimate of drug-likeness (QED) is 0.751. The van der Waals surface area contributed by atoms with Gasteiger partial charge in [0.25, 0.3) is 5.91 Å². The fourth-order valence-corrected chi connectivity index (χ4v) is 3.07. The number of nitrogens with one attached hydrogen (secondary N) is 1. The molecule has 0 fully saturated rings. The number of para-hydroxylation sites is 1. The van der Waals surface area contributed by atoms with Crippen molar-refractivity contribution in [3.8, 4) is 5.75 Å². The Morgan fingerprint density at radius 1 is 1.19 bits per heavy atom. The van der Waals surface area contributed by atoms with E-state index in [0.717, 1.165) is 11.1 Å². The van der Waals surface area contributed by atoms with Crippen molar-refractivity contribution in [2.24, 2.45) is 0 Å². The molecule has 5 nitrogen and oxygen atoms in total. The number of ether oxygens (including phenoxy) is 1. The second kappa shape index (κ2) is 9.97. The predicted molar refractivity (Wildman–Crippen MR) is 107 cm³/mol. The number of benzene rings is 2. The molecular formula is C21H25ClN2O3. The van der Waals surface area contributed by atoms with Crippen LogP contribution in [0.4, 0.5) is 0 Å². The van der Waals surface area contributed by atoms with Gasteiger partial charge in [-0.1, -0.05) is 60.5 Å². The van der Waals surface area contributed by atoms with Crippen LogP contribution in [0.1, 0.15) is 24.5 Å². The first-order valence-electron chi connectivity index (χ1n) is 8.90. The summed E-state index contributed by atoms with van der Waals surface area (Å²) in [6.07, 6.45) is 0.503. The number of aryl methyl sites for hydroxylation is 1. The Kier molecular flexibility index (Phi) is 7.67. The Morgan fingerprint density at radius 3 is 2.56 bits per heavy atom. The standard InChI is InChI=1S/C21H25ClN2O3/c1-4-18(21(26)23-3)24(13-16-9-7-8-15(2)12-16)20(25)14-27-19-11-6-5-10-17(19)22/h5-12,18H,4,13-14H2,1-3H3,(H,23,26). The van der Waals surface area contributed by atoms with E-state index in [2.05, 4.69) is 5.32 Å². The number of amides is 2. The van der Waals surface area contributed by atoms with Crippen molar-refractivity contribution < 1.29 is 14.3 Å². The number of carbonyl (C=O) groups excluding carboxylic acids is 2. The van der Waals surface area contributed by atoms with Crippen molar-refractivity contribution in [1.82, 2.24) is 10.2 Å². The van der Waals surface area contributed by atoms with E-state index in [1.807, 2.05) is 38.1 Å². The molecule has 2 rings (SSSR count). The van der Waals surface area contributed by atoms with Gasteiger partial charge >= 0.3 is 0 Å². The molecule has 0 radical (unpaired) electrons. The van der Waals surface area contributed by atoms with Crippen LogP contribution in [0.2, 0.25) is 5.02 Å². The van der Waals surface area contributed by atoms with Gasteiger partial charge in [-0.2, -0.15) is 0 Å². The molecule has 0 aliphatic rings. The number of rotatable bonds is 8. The SMILES string of the molecule is CCC(C(=O)NC)N(Cc1cccc(C)c1)C(=O)COc1ccccc1Cl. The molecular weight excluding hydrogens is 364 g/mol. The second-order valence-electron chi connectivity index (χ2n) is 6.27. The van der Waals surface area contributed by atoms with Crippen LogP contribution in [0.25, 0.3) is 0 Å². The van der Waals surface area contributed by atoms with E-state index >= 15 is 0 Å². The minimum atomic E-state index is -0.571. The number of likely N-dealkylation sites (N-methyl/N-ethyl adjacent to an activating group) is 1. The molecule has 2 aromatic carbocycles. The maximum absolute atomic E-state index is 12.9. The maximum Gasteiger partial charge on any atom is 0.261 e. The van der Waals surface area contributed by atoms with Crippen LogP contribution in [-0.2, 0) is 16.1 Å². The molecule has 2 aromatic rings. The summed E-state index contributed by atoms with van der Waals surface area (Å²) in [7, 11) is 1.57. The average Bonchev–Trinajstić information content (AvgIpc) is 2.66. The van der Waals surface area contributed by atoms with Gasteiger partial charge in [0.1, 0.15) is 11.8 Å². The zero-order chi connectivity index (χ0) is 19.8. The molecule has 1 unspecified atom stereocenters. The minimum absolute atomic E-state index is 0.191. The molecule has 0 saturated carbocycles. The molecule has 0 aromatic heterocycles. The summed E-state index contributed by atoms with van der Waals surface area (Å²) in [5.74, 6) is -0.0286. The topological polar surface area (TPSA) is 58.6 Å². The van der Waals surface area contributed by atoms with E-state index in [1.54, 1.807) is 36.2 Å². The van der Waals surface area contributed by atoms with E-state index in [1.165, 1.54) is 0 Å². The highest BCUT2D eigenvalue weighted by Gasteiger charge is 2.28. The van der Waals surface area contributed by atoms with Gasteiger partial charge in [0.15, 0.2) is 6.61 Å². The minimum Gasteiger partial charge on any atom is -0.482 e. The largest absolute Gasteiger partial charge is 0.482 e. The summed E-state index contributed by atoms with van der Waals surface area (Å²) in [6, 6.07) is 14.3. The zero-order valence-corrected chi connectivity index (χ0v) is 16.6. The van der Waals surface area contributed by atoms with Crippen molar-refractivity contribution in [3.63, 3.8) is 0 Å². The summed E-state index contributed by atoms with van der Waals surface area (Å²) in [5.41, 5.74) is 2.06. The third kappa shape index (κ3) is 5.73. The van der Waals surface area contributed by atoms with E-state index < -0.39 is 6.04 Å². The lowest BCUT2D eigenvalue weighted by atomic mass is 10.1. The monoisotopic (exact) mass is 388 g/mol. The summed E-state index contributed by atoms with van der Waals surface area (Å²) in [4.78, 5) is 26.8. The summed E-state index contributed by atoms with van der Waals surface area (Å²) >= 11 is 6.08. The Morgan fingerprint density at radius 2 is 1.93 bits per heavy atom. The predicted octanol–water partition coefficient (Wildman–Crippen LogP) is 3.58. The summed E-state index contributed by atoms with van der Waals surface area (Å²) < 4.78 is 5.59. The molecule has 0 heterocycles. The fraction of sp³-hybridized carbons (Fsp3) is 0.333. The van der Waals surface area contributed by atoms with E-state index in [9.17, 15) is 9.59 Å². The highest BCUT2D eigenvalue weighted by Crippen LogP contribution is 2.23. The normalized spacial score (nSPS) is 11.6. The molecule has 144 valence electrons. The Bertz CT molecular complexity index is 795. The van der Waals surface area contributed by atoms with Gasteiger partial charge in [0.2, 0.25) is 5.91 Å². The molecule has 0 saturated heterocycles. The fourth-order valence-electron chi connectivity index (χ4n) is 2.88. The van der Waals surface area contributed by atoms with Crippen molar-refractivity contribution >= 4 is 23.4 Å². The van der Waals surface area contributed by atoms with Gasteiger partial charge in [-0.3, -0.25) is 9.59 Å². The van der Waals surface area contributed by atoms with Gasteiger partial charge in [-0.05, 0) is 31.0 Å². The first-order chi connectivity index (χ1) is 13.0. The molecule has 27 heavy (non-hydrogen) atoms. The van der Waals surface area contributed by atoms with Crippen LogP contribution < -0.4 is 10.1 Å². The van der Waals surface area contributed by atoms with E-state index in [0.29, 0.717) is 23.7 Å². The highest BCUT2D eigenvalue weighted by atomic mass is 35.5. The van der Waals surface area contributed by atoms with Crippen molar-refractivity contribution in [2.45, 2.75) is 32.9 Å². The second-order valence-corrected chi connectivity index (χ2v) is 6.68. The summed E-state index contributed by atoms with van der Waals surface area (Å²) in [5, 5.41) is 3.08. The lowest BCUT2D eigenvalue weighted by Crippen LogP contribution is -2.49. The first-order valence-corrected chi connectivity index (χ1v) is 9.28. The van der Waals surface area contributed by atoms with Gasteiger partial charge in [0.05, 0.1) is 5.02 Å². The van der Waals surface area contributed by atoms with Crippen LogP contribution in [0.15, 0.2) is 48.5 Å². The van der Waals surface area contributed by atoms with Crippen molar-refractivity contribution in [1.29, 1.82) is 0 Å². The number of hydrogen-bond acceptors (Lipinski definition) is 3. The van der Waals surface area contributed by atoms with Crippen LogP contribution in [-0.4, -0.2) is 36.4 Å². The van der Waals surface area contributed by atoms with Gasteiger partial charge in [0, 0.05) is 13.6 Å². The Labute approximate surface area is 165 Å². The summed E-state index contributed by atoms with van der Waals surface area (Å²) in [6.45, 7) is 4.01. The third-order valence-corrected chi connectivity index (χ3v) is 4.57. The van der Waals surface area contributed by atoms with Crippen LogP contribution >= 0.6 is 11.6 Å². The third-order valence-electron chi connectivity index (χ3n) is 4.26. The molecule has 0 aliphatic carbocycles. The van der Waals surface area contributed by atoms with Crippen LogP contribution in [0.5, 0.6) is 5.75 Å².